The van der Waals surface area contributed by atoms with Gasteiger partial charge in [0.05, 0.1) is 11.7 Å². The summed E-state index contributed by atoms with van der Waals surface area (Å²) >= 11 is 6.87. The lowest BCUT2D eigenvalue weighted by Gasteiger charge is -2.20. The lowest BCUT2D eigenvalue weighted by molar-refractivity contribution is 0.171. The third kappa shape index (κ3) is 2.68. The SMILES string of the molecule is NC(c1ccc2c(c1)OCCO2)c1ncc(Br)cc1Br. The number of nitrogens with zero attached hydrogens (tertiary/aromatic N) is 1. The fourth-order valence-corrected chi connectivity index (χ4v) is 3.30. The zero-order valence-corrected chi connectivity index (χ0v) is 13.6. The predicted octanol–water partition coefficient (Wildman–Crippen LogP) is 3.43. The van der Waals surface area contributed by atoms with Crippen molar-refractivity contribution in [3.8, 4) is 11.5 Å². The van der Waals surface area contributed by atoms with Gasteiger partial charge in [-0.05, 0) is 55.6 Å². The van der Waals surface area contributed by atoms with E-state index in [0.29, 0.717) is 13.2 Å². The second-order valence-electron chi connectivity index (χ2n) is 4.40. The minimum Gasteiger partial charge on any atom is -0.486 e. The third-order valence-electron chi connectivity index (χ3n) is 3.06. The predicted molar refractivity (Wildman–Crippen MR) is 83.1 cm³/mol. The van der Waals surface area contributed by atoms with Crippen LogP contribution in [0.1, 0.15) is 17.3 Å². The summed E-state index contributed by atoms with van der Waals surface area (Å²) in [7, 11) is 0. The monoisotopic (exact) mass is 398 g/mol. The molecule has 0 saturated heterocycles. The molecule has 1 aromatic carbocycles. The smallest absolute Gasteiger partial charge is 0.161 e. The van der Waals surface area contributed by atoms with Crippen molar-refractivity contribution in [1.82, 2.24) is 4.98 Å². The average Bonchev–Trinajstić information content (AvgIpc) is 2.46. The summed E-state index contributed by atoms with van der Waals surface area (Å²) in [5, 5.41) is 0. The molecule has 4 nitrogen and oxygen atoms in total. The van der Waals surface area contributed by atoms with E-state index in [4.69, 9.17) is 15.2 Å². The van der Waals surface area contributed by atoms with Gasteiger partial charge in [-0.15, -0.1) is 0 Å². The Morgan fingerprint density at radius 1 is 1.10 bits per heavy atom. The van der Waals surface area contributed by atoms with Gasteiger partial charge in [0.1, 0.15) is 13.2 Å². The molecule has 1 aliphatic rings. The number of pyridine rings is 1. The summed E-state index contributed by atoms with van der Waals surface area (Å²) in [4.78, 5) is 4.38. The summed E-state index contributed by atoms with van der Waals surface area (Å²) in [5.74, 6) is 1.49. The van der Waals surface area contributed by atoms with Gasteiger partial charge in [-0.3, -0.25) is 4.98 Å². The van der Waals surface area contributed by atoms with Crippen LogP contribution in [0.4, 0.5) is 0 Å². The largest absolute Gasteiger partial charge is 0.486 e. The summed E-state index contributed by atoms with van der Waals surface area (Å²) in [6, 6.07) is 7.34. The molecule has 2 heterocycles. The van der Waals surface area contributed by atoms with Gasteiger partial charge in [-0.1, -0.05) is 6.07 Å². The van der Waals surface area contributed by atoms with Crippen molar-refractivity contribution in [1.29, 1.82) is 0 Å². The van der Waals surface area contributed by atoms with Crippen molar-refractivity contribution in [2.24, 2.45) is 5.73 Å². The van der Waals surface area contributed by atoms with E-state index in [9.17, 15) is 0 Å². The van der Waals surface area contributed by atoms with E-state index < -0.39 is 0 Å². The first kappa shape index (κ1) is 13.9. The lowest BCUT2D eigenvalue weighted by Crippen LogP contribution is -2.18. The first-order valence-electron chi connectivity index (χ1n) is 6.11. The Kier molecular flexibility index (Phi) is 3.96. The van der Waals surface area contributed by atoms with E-state index in [1.54, 1.807) is 6.20 Å². The number of fused-ring (bicyclic) bond motifs is 1. The van der Waals surface area contributed by atoms with Crippen molar-refractivity contribution in [2.75, 3.05) is 13.2 Å². The van der Waals surface area contributed by atoms with Gasteiger partial charge in [-0.25, -0.2) is 0 Å². The van der Waals surface area contributed by atoms with Crippen LogP contribution in [0.5, 0.6) is 11.5 Å². The van der Waals surface area contributed by atoms with Crippen molar-refractivity contribution in [2.45, 2.75) is 6.04 Å². The van der Waals surface area contributed by atoms with Gasteiger partial charge in [0, 0.05) is 15.1 Å². The molecule has 0 radical (unpaired) electrons. The van der Waals surface area contributed by atoms with Crippen molar-refractivity contribution in [3.63, 3.8) is 0 Å². The highest BCUT2D eigenvalue weighted by molar-refractivity contribution is 9.11. The fourth-order valence-electron chi connectivity index (χ4n) is 2.07. The van der Waals surface area contributed by atoms with Crippen molar-refractivity contribution in [3.05, 3.63) is 50.7 Å². The molecule has 3 rings (SSSR count). The molecule has 2 N–H and O–H groups in total. The van der Waals surface area contributed by atoms with Gasteiger partial charge in [-0.2, -0.15) is 0 Å². The topological polar surface area (TPSA) is 57.4 Å². The highest BCUT2D eigenvalue weighted by Gasteiger charge is 2.18. The number of ether oxygens (including phenoxy) is 2. The molecule has 0 fully saturated rings. The van der Waals surface area contributed by atoms with Crippen LogP contribution >= 0.6 is 31.9 Å². The van der Waals surface area contributed by atoms with Crippen LogP contribution in [0.2, 0.25) is 0 Å². The van der Waals surface area contributed by atoms with Crippen LogP contribution in [-0.2, 0) is 0 Å². The van der Waals surface area contributed by atoms with Gasteiger partial charge in [0.15, 0.2) is 11.5 Å². The zero-order chi connectivity index (χ0) is 14.1. The van der Waals surface area contributed by atoms with Crippen molar-refractivity contribution < 1.29 is 9.47 Å². The molecule has 0 spiro atoms. The Morgan fingerprint density at radius 2 is 1.85 bits per heavy atom. The van der Waals surface area contributed by atoms with E-state index in [1.807, 2.05) is 24.3 Å². The highest BCUT2D eigenvalue weighted by Crippen LogP contribution is 2.34. The summed E-state index contributed by atoms with van der Waals surface area (Å²) < 4.78 is 12.9. The molecule has 0 aliphatic carbocycles. The van der Waals surface area contributed by atoms with Crippen LogP contribution in [0, 0.1) is 0 Å². The molecule has 0 amide bonds. The first-order chi connectivity index (χ1) is 9.65. The second-order valence-corrected chi connectivity index (χ2v) is 6.17. The van der Waals surface area contributed by atoms with E-state index in [1.165, 1.54) is 0 Å². The van der Waals surface area contributed by atoms with Crippen molar-refractivity contribution >= 4 is 31.9 Å². The van der Waals surface area contributed by atoms with E-state index in [-0.39, 0.29) is 6.04 Å². The zero-order valence-electron chi connectivity index (χ0n) is 10.5. The molecule has 104 valence electrons. The Bertz CT molecular complexity index is 649. The molecule has 1 aliphatic heterocycles. The number of halogens is 2. The Morgan fingerprint density at radius 3 is 2.60 bits per heavy atom. The molecule has 1 atom stereocenters. The standard InChI is InChI=1S/C14H12Br2N2O2/c15-9-6-10(16)14(18-7-9)13(17)8-1-2-11-12(5-8)20-4-3-19-11/h1-2,5-7,13H,3-4,17H2. The minimum absolute atomic E-state index is 0.326. The maximum absolute atomic E-state index is 6.30. The molecule has 1 aromatic heterocycles. The normalized spacial score (nSPS) is 14.9. The molecule has 1 unspecified atom stereocenters. The summed E-state index contributed by atoms with van der Waals surface area (Å²) in [6.45, 7) is 1.14. The molecule has 6 heteroatoms. The summed E-state index contributed by atoms with van der Waals surface area (Å²) in [6.07, 6.45) is 1.73. The van der Waals surface area contributed by atoms with Crippen LogP contribution in [0.15, 0.2) is 39.4 Å². The number of hydrogen-bond donors (Lipinski definition) is 1. The Labute approximate surface area is 133 Å². The third-order valence-corrected chi connectivity index (χ3v) is 4.13. The molecular weight excluding hydrogens is 388 g/mol. The second kappa shape index (κ2) is 5.71. The molecule has 20 heavy (non-hydrogen) atoms. The number of benzene rings is 1. The quantitative estimate of drug-likeness (QED) is 0.840. The number of hydrogen-bond acceptors (Lipinski definition) is 4. The molecule has 0 saturated carbocycles. The van der Waals surface area contributed by atoms with Gasteiger partial charge in [0.25, 0.3) is 0 Å². The molecular formula is C14H12Br2N2O2. The maximum atomic E-state index is 6.30. The van der Waals surface area contributed by atoms with Gasteiger partial charge in [0.2, 0.25) is 0 Å². The Balaban J connectivity index is 1.95. The average molecular weight is 400 g/mol. The van der Waals surface area contributed by atoms with Crippen LogP contribution in [0.25, 0.3) is 0 Å². The van der Waals surface area contributed by atoms with Crippen LogP contribution in [-0.4, -0.2) is 18.2 Å². The molecule has 2 aromatic rings. The van der Waals surface area contributed by atoms with Crippen LogP contribution < -0.4 is 15.2 Å². The lowest BCUT2D eigenvalue weighted by atomic mass is 10.0. The number of rotatable bonds is 2. The van der Waals surface area contributed by atoms with Crippen LogP contribution in [0.3, 0.4) is 0 Å². The number of aromatic nitrogens is 1. The maximum Gasteiger partial charge on any atom is 0.161 e. The minimum atomic E-state index is -0.326. The molecule has 0 bridgehead atoms. The van der Waals surface area contributed by atoms with E-state index in [0.717, 1.165) is 31.7 Å². The van der Waals surface area contributed by atoms with Gasteiger partial charge >= 0.3 is 0 Å². The van der Waals surface area contributed by atoms with Gasteiger partial charge < -0.3 is 15.2 Å². The fraction of sp³-hybridized carbons (Fsp3) is 0.214. The van der Waals surface area contributed by atoms with E-state index in [2.05, 4.69) is 36.8 Å². The summed E-state index contributed by atoms with van der Waals surface area (Å²) in [5.41, 5.74) is 8.01. The first-order valence-corrected chi connectivity index (χ1v) is 7.70. The highest BCUT2D eigenvalue weighted by atomic mass is 79.9. The Hall–Kier alpha value is -1.11. The number of nitrogens with two attached hydrogens (primary N) is 1. The van der Waals surface area contributed by atoms with E-state index >= 15 is 0 Å².